The fraction of sp³-hybridized carbons (Fsp3) is 1.00. The summed E-state index contributed by atoms with van der Waals surface area (Å²) in [6, 6.07) is 1.32. The third-order valence-corrected chi connectivity index (χ3v) is 9.38. The van der Waals surface area contributed by atoms with Crippen LogP contribution in [0.1, 0.15) is 91.9 Å². The lowest BCUT2D eigenvalue weighted by Gasteiger charge is -2.50. The largest absolute Gasteiger partial charge is 0.385 e. The molecule has 0 unspecified atom stereocenters. The summed E-state index contributed by atoms with van der Waals surface area (Å²) in [7, 11) is 1.83. The first-order valence-electron chi connectivity index (χ1n) is 13.4. The van der Waals surface area contributed by atoms with Crippen LogP contribution in [-0.4, -0.2) is 55.7 Å². The van der Waals surface area contributed by atoms with Crippen LogP contribution < -0.4 is 5.32 Å². The van der Waals surface area contributed by atoms with Crippen molar-refractivity contribution in [2.45, 2.75) is 109 Å². The van der Waals surface area contributed by atoms with Crippen LogP contribution in [0, 0.1) is 29.1 Å². The smallest absolute Gasteiger partial charge is 0.0464 e. The summed E-state index contributed by atoms with van der Waals surface area (Å²) < 4.78 is 5.29. The van der Waals surface area contributed by atoms with E-state index in [1.165, 1.54) is 83.8 Å². The molecule has 0 radical (unpaired) electrons. The molecule has 0 spiro atoms. The van der Waals surface area contributed by atoms with Crippen LogP contribution in [0.25, 0.3) is 0 Å². The topological polar surface area (TPSA) is 24.5 Å². The number of ether oxygens (including phenoxy) is 1. The summed E-state index contributed by atoms with van der Waals surface area (Å²) in [5, 5.41) is 4.54. The van der Waals surface area contributed by atoms with Gasteiger partial charge < -0.3 is 15.0 Å². The third kappa shape index (κ3) is 7.59. The van der Waals surface area contributed by atoms with Gasteiger partial charge in [-0.2, -0.15) is 0 Å². The number of hydrogen-bond acceptors (Lipinski definition) is 3. The maximum Gasteiger partial charge on any atom is 0.0464 e. The average Bonchev–Trinajstić information content (AvgIpc) is 2.73. The minimum atomic E-state index is 0.420. The van der Waals surface area contributed by atoms with Gasteiger partial charge in [-0.1, -0.05) is 27.7 Å². The van der Waals surface area contributed by atoms with Crippen molar-refractivity contribution in [3.05, 3.63) is 0 Å². The monoisotopic (exact) mass is 454 g/mol. The molecule has 0 aromatic carbocycles. The molecule has 182 valence electrons. The van der Waals surface area contributed by atoms with Gasteiger partial charge in [-0.3, -0.25) is 0 Å². The zero-order valence-corrected chi connectivity index (χ0v) is 21.9. The first-order valence-corrected chi connectivity index (χ1v) is 13.8. The van der Waals surface area contributed by atoms with Crippen molar-refractivity contribution in [1.82, 2.24) is 10.2 Å². The van der Waals surface area contributed by atoms with E-state index in [0.717, 1.165) is 24.4 Å². The number of likely N-dealkylation sites (tertiary alicyclic amines) is 1. The summed E-state index contributed by atoms with van der Waals surface area (Å²) in [6.07, 6.45) is 13.2. The molecule has 0 aromatic rings. The van der Waals surface area contributed by atoms with Crippen molar-refractivity contribution in [1.29, 1.82) is 0 Å². The summed E-state index contributed by atoms with van der Waals surface area (Å²) in [4.78, 5) is 2.78. The molecule has 3 aliphatic rings. The van der Waals surface area contributed by atoms with Crippen molar-refractivity contribution in [3.8, 4) is 0 Å². The predicted octanol–water partition coefficient (Wildman–Crippen LogP) is 6.34. The van der Waals surface area contributed by atoms with E-state index in [9.17, 15) is 0 Å². The molecule has 31 heavy (non-hydrogen) atoms. The molecule has 2 aliphatic carbocycles. The van der Waals surface area contributed by atoms with Crippen molar-refractivity contribution in [2.24, 2.45) is 29.1 Å². The van der Waals surface area contributed by atoms with Crippen LogP contribution in [0.4, 0.5) is 0 Å². The molecule has 3 nitrogen and oxygen atoms in total. The minimum Gasteiger partial charge on any atom is -0.385 e. The van der Waals surface area contributed by atoms with Crippen molar-refractivity contribution >= 4 is 11.6 Å². The standard InChI is InChI=1S/C27H51ClN2O/c1-20(2)26(29-24-12-6-21(7-13-24)15-17-31-5)18-30-16-14-25(27(3,4)19-30)22-8-10-23(28)11-9-22/h20-26,29H,6-19H2,1-5H3/t21?,22?,23?,24?,25-,26+/m1/s1. The Morgan fingerprint density at radius 2 is 1.68 bits per heavy atom. The number of halogens is 1. The molecular weight excluding hydrogens is 404 g/mol. The van der Waals surface area contributed by atoms with Gasteiger partial charge in [-0.15, -0.1) is 11.6 Å². The molecule has 0 bridgehead atoms. The first kappa shape index (κ1) is 25.8. The summed E-state index contributed by atoms with van der Waals surface area (Å²) >= 11 is 6.39. The van der Waals surface area contributed by atoms with E-state index in [1.54, 1.807) is 0 Å². The highest BCUT2D eigenvalue weighted by molar-refractivity contribution is 6.20. The lowest BCUT2D eigenvalue weighted by Crippen LogP contribution is -2.54. The van der Waals surface area contributed by atoms with Crippen LogP contribution in [0.15, 0.2) is 0 Å². The molecule has 0 amide bonds. The Morgan fingerprint density at radius 1 is 1.00 bits per heavy atom. The molecule has 2 atom stereocenters. The number of hydrogen-bond donors (Lipinski definition) is 1. The van der Waals surface area contributed by atoms with E-state index in [0.29, 0.717) is 28.8 Å². The number of methoxy groups -OCH3 is 1. The lowest BCUT2D eigenvalue weighted by atomic mass is 9.64. The molecule has 3 rings (SSSR count). The zero-order valence-electron chi connectivity index (χ0n) is 21.2. The van der Waals surface area contributed by atoms with E-state index in [2.05, 4.69) is 37.9 Å². The van der Waals surface area contributed by atoms with Crippen LogP contribution >= 0.6 is 11.6 Å². The van der Waals surface area contributed by atoms with Gasteiger partial charge in [-0.25, -0.2) is 0 Å². The van der Waals surface area contributed by atoms with Crippen LogP contribution in [0.5, 0.6) is 0 Å². The highest BCUT2D eigenvalue weighted by Gasteiger charge is 2.41. The zero-order chi connectivity index (χ0) is 22.4. The van der Waals surface area contributed by atoms with E-state index >= 15 is 0 Å². The Hall–Kier alpha value is 0.170. The second kappa shape index (κ2) is 12.0. The molecule has 1 heterocycles. The Labute approximate surface area is 198 Å². The van der Waals surface area contributed by atoms with Gasteiger partial charge in [0.1, 0.15) is 0 Å². The molecular formula is C27H51ClN2O. The van der Waals surface area contributed by atoms with Crippen molar-refractivity contribution < 1.29 is 4.74 Å². The SMILES string of the molecule is COCCC1CCC(N[C@@H](CN2CC[C@H](C3CCC(Cl)CC3)C(C)(C)C2)C(C)C)CC1. The summed E-state index contributed by atoms with van der Waals surface area (Å²) in [6.45, 7) is 14.6. The summed E-state index contributed by atoms with van der Waals surface area (Å²) in [5.41, 5.74) is 0.420. The van der Waals surface area contributed by atoms with E-state index in [4.69, 9.17) is 16.3 Å². The summed E-state index contributed by atoms with van der Waals surface area (Å²) in [5.74, 6) is 3.34. The van der Waals surface area contributed by atoms with Crippen molar-refractivity contribution in [2.75, 3.05) is 33.4 Å². The number of nitrogens with one attached hydrogen (secondary N) is 1. The van der Waals surface area contributed by atoms with E-state index in [1.807, 2.05) is 7.11 Å². The van der Waals surface area contributed by atoms with Crippen molar-refractivity contribution in [3.63, 3.8) is 0 Å². The molecule has 2 saturated carbocycles. The number of alkyl halides is 1. The van der Waals surface area contributed by atoms with Gasteiger partial charge in [0.15, 0.2) is 0 Å². The predicted molar refractivity (Wildman–Crippen MR) is 134 cm³/mol. The molecule has 3 fully saturated rings. The number of piperidine rings is 1. The second-order valence-electron chi connectivity index (χ2n) is 12.1. The maximum atomic E-state index is 6.39. The van der Waals surface area contributed by atoms with E-state index < -0.39 is 0 Å². The molecule has 1 saturated heterocycles. The number of rotatable bonds is 9. The quantitative estimate of drug-likeness (QED) is 0.411. The fourth-order valence-electron chi connectivity index (χ4n) is 6.93. The van der Waals surface area contributed by atoms with Gasteiger partial charge in [0, 0.05) is 44.3 Å². The highest BCUT2D eigenvalue weighted by Crippen LogP contribution is 2.45. The third-order valence-electron chi connectivity index (χ3n) is 8.95. The van der Waals surface area contributed by atoms with Gasteiger partial charge in [0.25, 0.3) is 0 Å². The Kier molecular flexibility index (Phi) is 10.0. The van der Waals surface area contributed by atoms with Crippen LogP contribution in [-0.2, 0) is 4.74 Å². The van der Waals surface area contributed by atoms with Crippen LogP contribution in [0.3, 0.4) is 0 Å². The Balaban J connectivity index is 1.47. The normalized spacial score (nSPS) is 35.9. The molecule has 1 aliphatic heterocycles. The molecule has 1 N–H and O–H groups in total. The Bertz CT molecular complexity index is 509. The highest BCUT2D eigenvalue weighted by atomic mass is 35.5. The fourth-order valence-corrected chi connectivity index (χ4v) is 7.19. The molecule has 4 heteroatoms. The molecule has 0 aromatic heterocycles. The van der Waals surface area contributed by atoms with Gasteiger partial charge >= 0.3 is 0 Å². The Morgan fingerprint density at radius 3 is 2.26 bits per heavy atom. The van der Waals surface area contributed by atoms with Gasteiger partial charge in [0.2, 0.25) is 0 Å². The first-order chi connectivity index (χ1) is 14.8. The lowest BCUT2D eigenvalue weighted by molar-refractivity contribution is 0.00381. The number of nitrogens with zero attached hydrogens (tertiary/aromatic N) is 1. The second-order valence-corrected chi connectivity index (χ2v) is 12.8. The van der Waals surface area contributed by atoms with Crippen LogP contribution in [0.2, 0.25) is 0 Å². The minimum absolute atomic E-state index is 0.420. The maximum absolute atomic E-state index is 6.39. The van der Waals surface area contributed by atoms with Gasteiger partial charge in [0.05, 0.1) is 0 Å². The van der Waals surface area contributed by atoms with E-state index in [-0.39, 0.29) is 0 Å². The van der Waals surface area contributed by atoms with Gasteiger partial charge in [-0.05, 0) is 99.8 Å². The average molecular weight is 455 g/mol.